The molecule has 1 atom stereocenters. The van der Waals surface area contributed by atoms with Crippen molar-refractivity contribution >= 4 is 42.6 Å². The number of benzene rings is 1. The number of hydrogen-bond acceptors (Lipinski definition) is 5. The molecule has 2 aliphatic rings. The van der Waals surface area contributed by atoms with E-state index in [1.54, 1.807) is 0 Å². The van der Waals surface area contributed by atoms with Gasteiger partial charge in [-0.15, -0.1) is 0 Å². The van der Waals surface area contributed by atoms with Gasteiger partial charge in [0.1, 0.15) is 0 Å². The number of fused-ring (bicyclic) bond motifs is 1. The number of thiazole rings is 1. The Labute approximate surface area is 143 Å². The summed E-state index contributed by atoms with van der Waals surface area (Å²) >= 11 is 5.35. The Bertz CT molecular complexity index is 656. The van der Waals surface area contributed by atoms with Crippen LogP contribution in [0.2, 0.25) is 0 Å². The first-order valence-electron chi connectivity index (χ1n) is 7.92. The Morgan fingerprint density at radius 2 is 2.09 bits per heavy atom. The third-order valence-corrected chi connectivity index (χ3v) is 6.14. The molecule has 0 amide bonds. The van der Waals surface area contributed by atoms with Gasteiger partial charge in [0.05, 0.1) is 23.4 Å². The number of halogens is 1. The SMILES string of the molecule is Brc1ccc2nc(N3CCC[C@@H](N4CCOCC4)C3)sc2c1. The van der Waals surface area contributed by atoms with Crippen molar-refractivity contribution in [2.45, 2.75) is 18.9 Å². The van der Waals surface area contributed by atoms with Crippen LogP contribution < -0.4 is 4.90 Å². The molecular formula is C16H20BrN3OS. The monoisotopic (exact) mass is 381 g/mol. The molecule has 1 aromatic heterocycles. The van der Waals surface area contributed by atoms with Gasteiger partial charge in [-0.25, -0.2) is 4.98 Å². The van der Waals surface area contributed by atoms with Gasteiger partial charge in [0.2, 0.25) is 0 Å². The smallest absolute Gasteiger partial charge is 0.186 e. The van der Waals surface area contributed by atoms with E-state index in [1.165, 1.54) is 22.7 Å². The largest absolute Gasteiger partial charge is 0.379 e. The number of ether oxygens (including phenoxy) is 1. The maximum absolute atomic E-state index is 5.48. The summed E-state index contributed by atoms with van der Waals surface area (Å²) in [5, 5.41) is 1.17. The first kappa shape index (κ1) is 14.9. The molecule has 3 heterocycles. The van der Waals surface area contributed by atoms with E-state index in [4.69, 9.17) is 9.72 Å². The van der Waals surface area contributed by atoms with E-state index in [9.17, 15) is 0 Å². The Morgan fingerprint density at radius 1 is 1.23 bits per heavy atom. The summed E-state index contributed by atoms with van der Waals surface area (Å²) in [6, 6.07) is 6.98. The molecule has 0 bridgehead atoms. The average molecular weight is 382 g/mol. The van der Waals surface area contributed by atoms with Crippen molar-refractivity contribution in [1.29, 1.82) is 0 Å². The molecule has 0 aliphatic carbocycles. The molecule has 2 fully saturated rings. The van der Waals surface area contributed by atoms with Crippen molar-refractivity contribution in [1.82, 2.24) is 9.88 Å². The van der Waals surface area contributed by atoms with Gasteiger partial charge >= 0.3 is 0 Å². The molecule has 0 N–H and O–H groups in total. The van der Waals surface area contributed by atoms with Crippen molar-refractivity contribution < 1.29 is 4.74 Å². The second kappa shape index (κ2) is 6.43. The lowest BCUT2D eigenvalue weighted by atomic mass is 10.0. The van der Waals surface area contributed by atoms with E-state index in [0.29, 0.717) is 6.04 Å². The Kier molecular flexibility index (Phi) is 4.35. The van der Waals surface area contributed by atoms with Crippen LogP contribution in [0.4, 0.5) is 5.13 Å². The second-order valence-corrected chi connectivity index (χ2v) is 7.92. The van der Waals surface area contributed by atoms with Crippen molar-refractivity contribution in [3.63, 3.8) is 0 Å². The molecule has 0 radical (unpaired) electrons. The molecule has 4 nitrogen and oxygen atoms in total. The van der Waals surface area contributed by atoms with E-state index in [0.717, 1.165) is 49.4 Å². The summed E-state index contributed by atoms with van der Waals surface area (Å²) in [5.74, 6) is 0. The van der Waals surface area contributed by atoms with E-state index < -0.39 is 0 Å². The molecule has 2 aliphatic heterocycles. The molecule has 0 spiro atoms. The zero-order chi connectivity index (χ0) is 14.9. The minimum absolute atomic E-state index is 0.649. The standard InChI is InChI=1S/C16H20BrN3OS/c17-12-3-4-14-15(10-12)22-16(18-14)20-5-1-2-13(11-20)19-6-8-21-9-7-19/h3-4,10,13H,1-2,5-9,11H2/t13-/m1/s1. The number of piperidine rings is 1. The minimum Gasteiger partial charge on any atom is -0.379 e. The van der Waals surface area contributed by atoms with Crippen molar-refractivity contribution in [3.8, 4) is 0 Å². The molecule has 2 saturated heterocycles. The lowest BCUT2D eigenvalue weighted by Gasteiger charge is -2.40. The van der Waals surface area contributed by atoms with Crippen LogP contribution in [-0.4, -0.2) is 55.3 Å². The topological polar surface area (TPSA) is 28.6 Å². The van der Waals surface area contributed by atoms with E-state index in [2.05, 4.69) is 43.9 Å². The molecule has 4 rings (SSSR count). The summed E-state index contributed by atoms with van der Waals surface area (Å²) in [4.78, 5) is 9.91. The molecule has 2 aromatic rings. The highest BCUT2D eigenvalue weighted by molar-refractivity contribution is 9.10. The van der Waals surface area contributed by atoms with Crippen molar-refractivity contribution in [3.05, 3.63) is 22.7 Å². The van der Waals surface area contributed by atoms with Gasteiger partial charge in [-0.3, -0.25) is 4.90 Å². The predicted molar refractivity (Wildman–Crippen MR) is 94.9 cm³/mol. The fourth-order valence-corrected chi connectivity index (χ4v) is 4.94. The van der Waals surface area contributed by atoms with Crippen LogP contribution in [-0.2, 0) is 4.74 Å². The summed E-state index contributed by atoms with van der Waals surface area (Å²) in [5.41, 5.74) is 1.11. The number of nitrogens with zero attached hydrogens (tertiary/aromatic N) is 3. The van der Waals surface area contributed by atoms with Crippen molar-refractivity contribution in [2.75, 3.05) is 44.3 Å². The molecule has 0 saturated carbocycles. The van der Waals surface area contributed by atoms with Gasteiger partial charge in [-0.1, -0.05) is 27.3 Å². The number of hydrogen-bond donors (Lipinski definition) is 0. The maximum Gasteiger partial charge on any atom is 0.186 e. The maximum atomic E-state index is 5.48. The summed E-state index contributed by atoms with van der Waals surface area (Å²) in [6.45, 7) is 6.14. The third-order valence-electron chi connectivity index (χ3n) is 4.57. The molecule has 0 unspecified atom stereocenters. The summed E-state index contributed by atoms with van der Waals surface area (Å²) in [6.07, 6.45) is 2.55. The van der Waals surface area contributed by atoms with Gasteiger partial charge in [0, 0.05) is 36.7 Å². The quantitative estimate of drug-likeness (QED) is 0.797. The van der Waals surface area contributed by atoms with Gasteiger partial charge in [0.15, 0.2) is 5.13 Å². The third kappa shape index (κ3) is 3.02. The van der Waals surface area contributed by atoms with Gasteiger partial charge < -0.3 is 9.64 Å². The van der Waals surface area contributed by atoms with Crippen molar-refractivity contribution in [2.24, 2.45) is 0 Å². The highest BCUT2D eigenvalue weighted by atomic mass is 79.9. The molecule has 118 valence electrons. The fraction of sp³-hybridized carbons (Fsp3) is 0.562. The predicted octanol–water partition coefficient (Wildman–Crippen LogP) is 3.36. The average Bonchev–Trinajstić information content (AvgIpc) is 2.99. The molecule has 22 heavy (non-hydrogen) atoms. The highest BCUT2D eigenvalue weighted by Crippen LogP contribution is 2.32. The van der Waals surface area contributed by atoms with Crippen LogP contribution in [0.3, 0.4) is 0 Å². The van der Waals surface area contributed by atoms with Gasteiger partial charge in [-0.05, 0) is 31.0 Å². The Morgan fingerprint density at radius 3 is 2.95 bits per heavy atom. The summed E-state index contributed by atoms with van der Waals surface area (Å²) in [7, 11) is 0. The fourth-order valence-electron chi connectivity index (χ4n) is 3.39. The molecule has 6 heteroatoms. The molecule has 1 aromatic carbocycles. The van der Waals surface area contributed by atoms with Crippen LogP contribution in [0.5, 0.6) is 0 Å². The van der Waals surface area contributed by atoms with E-state index >= 15 is 0 Å². The number of rotatable bonds is 2. The van der Waals surface area contributed by atoms with E-state index in [-0.39, 0.29) is 0 Å². The zero-order valence-corrected chi connectivity index (χ0v) is 14.9. The van der Waals surface area contributed by atoms with Gasteiger partial charge in [-0.2, -0.15) is 0 Å². The van der Waals surface area contributed by atoms with Gasteiger partial charge in [0.25, 0.3) is 0 Å². The lowest BCUT2D eigenvalue weighted by Crippen LogP contribution is -2.51. The number of morpholine rings is 1. The summed E-state index contributed by atoms with van der Waals surface area (Å²) < 4.78 is 7.87. The highest BCUT2D eigenvalue weighted by Gasteiger charge is 2.27. The van der Waals surface area contributed by atoms with Crippen LogP contribution in [0, 0.1) is 0 Å². The first-order chi connectivity index (χ1) is 10.8. The first-order valence-corrected chi connectivity index (χ1v) is 9.53. The van der Waals surface area contributed by atoms with Crippen LogP contribution in [0.15, 0.2) is 22.7 Å². The van der Waals surface area contributed by atoms with Crippen LogP contribution in [0.1, 0.15) is 12.8 Å². The second-order valence-electron chi connectivity index (χ2n) is 6.00. The number of aromatic nitrogens is 1. The number of anilines is 1. The zero-order valence-electron chi connectivity index (χ0n) is 12.5. The minimum atomic E-state index is 0.649. The normalized spacial score (nSPS) is 24.0. The van der Waals surface area contributed by atoms with Crippen LogP contribution >= 0.6 is 27.3 Å². The lowest BCUT2D eigenvalue weighted by molar-refractivity contribution is 0.0137. The van der Waals surface area contributed by atoms with Crippen LogP contribution in [0.25, 0.3) is 10.2 Å². The Hall–Kier alpha value is -0.690. The van der Waals surface area contributed by atoms with E-state index in [1.807, 2.05) is 11.3 Å². The molecular weight excluding hydrogens is 362 g/mol. The Balaban J connectivity index is 1.52.